The lowest BCUT2D eigenvalue weighted by molar-refractivity contribution is -0.138. The minimum Gasteiger partial charge on any atom is -0.378 e. The molecule has 1 aliphatic heterocycles. The molecular formula is C25H33F3N4O3S. The quantitative estimate of drug-likeness (QED) is 0.518. The van der Waals surface area contributed by atoms with E-state index in [1.54, 1.807) is 6.07 Å². The van der Waals surface area contributed by atoms with Crippen molar-refractivity contribution in [2.75, 3.05) is 30.9 Å². The molecule has 0 unspecified atom stereocenters. The van der Waals surface area contributed by atoms with E-state index in [4.69, 9.17) is 4.74 Å². The Balaban J connectivity index is 0.000000318. The Bertz CT molecular complexity index is 1020. The normalized spacial score (nSPS) is 17.3. The number of rotatable bonds is 5. The van der Waals surface area contributed by atoms with E-state index in [-0.39, 0.29) is 4.90 Å². The Kier molecular flexibility index (Phi) is 11.6. The van der Waals surface area contributed by atoms with Crippen molar-refractivity contribution in [3.8, 4) is 12.8 Å². The molecular weight excluding hydrogens is 493 g/mol. The van der Waals surface area contributed by atoms with E-state index in [1.807, 2.05) is 4.90 Å². The predicted octanol–water partition coefficient (Wildman–Crippen LogP) is 4.80. The molecule has 1 aliphatic carbocycles. The Morgan fingerprint density at radius 2 is 1.64 bits per heavy atom. The number of hydrogen-bond donors (Lipinski definition) is 0. The van der Waals surface area contributed by atoms with Crippen LogP contribution >= 0.6 is 0 Å². The third-order valence-electron chi connectivity index (χ3n) is 6.05. The summed E-state index contributed by atoms with van der Waals surface area (Å²) in [6, 6.07) is 3.11. The number of ether oxygens (including phenoxy) is 1. The number of piperidine rings is 1. The van der Waals surface area contributed by atoms with Crippen molar-refractivity contribution in [1.29, 1.82) is 0 Å². The van der Waals surface area contributed by atoms with Crippen LogP contribution in [0.1, 0.15) is 50.5 Å². The second kappa shape index (κ2) is 14.1. The average Bonchev–Trinajstić information content (AvgIpc) is 2.90. The third-order valence-corrected chi connectivity index (χ3v) is 7.14. The first-order valence-corrected chi connectivity index (χ1v) is 13.7. The molecule has 0 aromatic carbocycles. The SMILES string of the molecule is C#C.CS(=O)(=O)c1cccnc1.FC(F)(F)c1cnc(N2CCC(COC3CCCCC3)CC2)nc1. The van der Waals surface area contributed by atoms with Gasteiger partial charge in [0.1, 0.15) is 0 Å². The van der Waals surface area contributed by atoms with E-state index in [2.05, 4.69) is 27.8 Å². The van der Waals surface area contributed by atoms with Gasteiger partial charge in [-0.3, -0.25) is 4.98 Å². The summed E-state index contributed by atoms with van der Waals surface area (Å²) in [5, 5.41) is 0. The molecule has 2 fully saturated rings. The molecule has 0 bridgehead atoms. The summed E-state index contributed by atoms with van der Waals surface area (Å²) in [5.74, 6) is 0.910. The molecule has 0 radical (unpaired) electrons. The highest BCUT2D eigenvalue weighted by molar-refractivity contribution is 7.90. The third kappa shape index (κ3) is 9.74. The highest BCUT2D eigenvalue weighted by atomic mass is 32.2. The van der Waals surface area contributed by atoms with Gasteiger partial charge in [0.2, 0.25) is 5.95 Å². The van der Waals surface area contributed by atoms with Gasteiger partial charge in [-0.1, -0.05) is 19.3 Å². The first kappa shape index (κ1) is 29.5. The summed E-state index contributed by atoms with van der Waals surface area (Å²) in [7, 11) is -3.07. The highest BCUT2D eigenvalue weighted by Gasteiger charge is 2.32. The maximum atomic E-state index is 12.5. The van der Waals surface area contributed by atoms with Gasteiger partial charge in [0.15, 0.2) is 9.84 Å². The molecule has 1 saturated carbocycles. The summed E-state index contributed by atoms with van der Waals surface area (Å²) in [6.07, 6.45) is 17.9. The largest absolute Gasteiger partial charge is 0.419 e. The fourth-order valence-electron chi connectivity index (χ4n) is 4.00. The van der Waals surface area contributed by atoms with Crippen molar-refractivity contribution in [3.63, 3.8) is 0 Å². The molecule has 0 amide bonds. The van der Waals surface area contributed by atoms with Crippen molar-refractivity contribution in [2.45, 2.75) is 62.1 Å². The van der Waals surface area contributed by atoms with Crippen LogP contribution in [-0.2, 0) is 20.8 Å². The van der Waals surface area contributed by atoms with Crippen LogP contribution in [0.4, 0.5) is 19.1 Å². The zero-order valence-corrected chi connectivity index (χ0v) is 21.2. The van der Waals surface area contributed by atoms with Crippen molar-refractivity contribution < 1.29 is 26.3 Å². The Hall–Kier alpha value is -2.71. The summed E-state index contributed by atoms with van der Waals surface area (Å²) < 4.78 is 65.3. The molecule has 2 aromatic heterocycles. The molecule has 7 nitrogen and oxygen atoms in total. The van der Waals surface area contributed by atoms with Crippen LogP contribution in [0.5, 0.6) is 0 Å². The van der Waals surface area contributed by atoms with Gasteiger partial charge in [-0.05, 0) is 43.7 Å². The molecule has 36 heavy (non-hydrogen) atoms. The number of aromatic nitrogens is 3. The summed E-state index contributed by atoms with van der Waals surface area (Å²) in [5.41, 5.74) is -0.804. The van der Waals surface area contributed by atoms with Crippen molar-refractivity contribution in [3.05, 3.63) is 42.5 Å². The number of pyridine rings is 1. The fourth-order valence-corrected chi connectivity index (χ4v) is 4.58. The first-order chi connectivity index (χ1) is 17.1. The Morgan fingerprint density at radius 3 is 2.11 bits per heavy atom. The van der Waals surface area contributed by atoms with E-state index in [0.717, 1.165) is 51.2 Å². The van der Waals surface area contributed by atoms with E-state index >= 15 is 0 Å². The molecule has 198 valence electrons. The van der Waals surface area contributed by atoms with Crippen LogP contribution < -0.4 is 4.90 Å². The van der Waals surface area contributed by atoms with Gasteiger partial charge in [-0.15, -0.1) is 12.8 Å². The minimum absolute atomic E-state index is 0.259. The standard InChI is InChI=1S/C17H24F3N3O.C6H7NO2S.C2H2/c18-17(19,20)14-10-21-16(22-11-14)23-8-6-13(7-9-23)12-24-15-4-2-1-3-5-15;1-10(8,9)6-3-2-4-7-5-6;1-2/h10-11,13,15H,1-9,12H2;2-5H,1H3;1-2H. The Labute approximate surface area is 211 Å². The van der Waals surface area contributed by atoms with Crippen molar-refractivity contribution in [1.82, 2.24) is 15.0 Å². The predicted molar refractivity (Wildman–Crippen MR) is 132 cm³/mol. The smallest absolute Gasteiger partial charge is 0.378 e. The van der Waals surface area contributed by atoms with Crippen LogP contribution in [-0.4, -0.2) is 55.4 Å². The first-order valence-electron chi connectivity index (χ1n) is 11.8. The molecule has 4 rings (SSSR count). The van der Waals surface area contributed by atoms with Gasteiger partial charge >= 0.3 is 6.18 Å². The lowest BCUT2D eigenvalue weighted by Crippen LogP contribution is -2.36. The van der Waals surface area contributed by atoms with Gasteiger partial charge in [-0.25, -0.2) is 18.4 Å². The number of halogens is 3. The summed E-state index contributed by atoms with van der Waals surface area (Å²) in [4.78, 5) is 13.6. The molecule has 0 atom stereocenters. The van der Waals surface area contributed by atoms with Gasteiger partial charge < -0.3 is 9.64 Å². The van der Waals surface area contributed by atoms with E-state index < -0.39 is 21.6 Å². The molecule has 0 N–H and O–H groups in total. The Morgan fingerprint density at radius 1 is 1.03 bits per heavy atom. The number of alkyl halides is 3. The maximum Gasteiger partial charge on any atom is 0.419 e. The zero-order valence-electron chi connectivity index (χ0n) is 20.4. The summed E-state index contributed by atoms with van der Waals surface area (Å²) in [6.45, 7) is 2.33. The highest BCUT2D eigenvalue weighted by Crippen LogP contribution is 2.29. The minimum atomic E-state index is -4.39. The van der Waals surface area contributed by atoms with E-state index in [9.17, 15) is 21.6 Å². The number of nitrogens with zero attached hydrogens (tertiary/aromatic N) is 4. The lowest BCUT2D eigenvalue weighted by Gasteiger charge is -2.33. The van der Waals surface area contributed by atoms with Gasteiger partial charge in [-0.2, -0.15) is 13.2 Å². The number of anilines is 1. The second-order valence-corrected chi connectivity index (χ2v) is 10.8. The van der Waals surface area contributed by atoms with Crippen LogP contribution in [0.25, 0.3) is 0 Å². The van der Waals surface area contributed by atoms with E-state index in [1.165, 1.54) is 50.6 Å². The van der Waals surface area contributed by atoms with Crippen LogP contribution in [0.15, 0.2) is 41.8 Å². The zero-order chi connectivity index (χ0) is 26.6. The van der Waals surface area contributed by atoms with Crippen molar-refractivity contribution >= 4 is 15.8 Å². The lowest BCUT2D eigenvalue weighted by atomic mass is 9.96. The number of terminal acetylenes is 1. The number of sulfone groups is 1. The average molecular weight is 527 g/mol. The van der Waals surface area contributed by atoms with Gasteiger partial charge in [0.05, 0.1) is 16.6 Å². The molecule has 0 spiro atoms. The molecule has 11 heteroatoms. The molecule has 3 heterocycles. The van der Waals surface area contributed by atoms with Crippen molar-refractivity contribution in [2.24, 2.45) is 5.92 Å². The molecule has 2 aliphatic rings. The second-order valence-electron chi connectivity index (χ2n) is 8.75. The topological polar surface area (TPSA) is 85.3 Å². The fraction of sp³-hybridized carbons (Fsp3) is 0.560. The van der Waals surface area contributed by atoms with Crippen LogP contribution in [0, 0.1) is 18.8 Å². The molecule has 1 saturated heterocycles. The van der Waals surface area contributed by atoms with E-state index in [0.29, 0.717) is 18.0 Å². The van der Waals surface area contributed by atoms with Crippen LogP contribution in [0.3, 0.4) is 0 Å². The van der Waals surface area contributed by atoms with Gasteiger partial charge in [0, 0.05) is 50.7 Å². The van der Waals surface area contributed by atoms with Gasteiger partial charge in [0.25, 0.3) is 0 Å². The number of hydrogen-bond acceptors (Lipinski definition) is 7. The maximum absolute atomic E-state index is 12.5. The van der Waals surface area contributed by atoms with Crippen LogP contribution in [0.2, 0.25) is 0 Å². The molecule has 2 aromatic rings. The summed E-state index contributed by atoms with van der Waals surface area (Å²) >= 11 is 0. The monoisotopic (exact) mass is 526 g/mol.